The SMILES string of the molecule is Cc1cc(I)ccc1N(OC1CCCC1)c1cccc(F)c1. The van der Waals surface area contributed by atoms with Gasteiger partial charge in [0.15, 0.2) is 0 Å². The second-order valence-corrected chi connectivity index (χ2v) is 6.96. The molecule has 0 unspecified atom stereocenters. The number of benzene rings is 2. The molecule has 0 atom stereocenters. The Morgan fingerprint density at radius 1 is 1.14 bits per heavy atom. The van der Waals surface area contributed by atoms with Crippen LogP contribution in [0.4, 0.5) is 15.8 Å². The van der Waals surface area contributed by atoms with Crippen molar-refractivity contribution in [3.8, 4) is 0 Å². The van der Waals surface area contributed by atoms with Crippen LogP contribution in [0.25, 0.3) is 0 Å². The zero-order valence-corrected chi connectivity index (χ0v) is 14.7. The number of aryl methyl sites for hydroxylation is 1. The van der Waals surface area contributed by atoms with E-state index in [4.69, 9.17) is 4.84 Å². The number of anilines is 2. The Morgan fingerprint density at radius 2 is 1.91 bits per heavy atom. The van der Waals surface area contributed by atoms with Crippen molar-refractivity contribution >= 4 is 34.0 Å². The quantitative estimate of drug-likeness (QED) is 0.469. The van der Waals surface area contributed by atoms with Gasteiger partial charge in [0.05, 0.1) is 17.5 Å². The summed E-state index contributed by atoms with van der Waals surface area (Å²) >= 11 is 2.30. The van der Waals surface area contributed by atoms with E-state index in [1.807, 2.05) is 18.2 Å². The molecule has 3 rings (SSSR count). The lowest BCUT2D eigenvalue weighted by atomic mass is 10.2. The summed E-state index contributed by atoms with van der Waals surface area (Å²) in [6.45, 7) is 2.06. The van der Waals surface area contributed by atoms with Crippen molar-refractivity contribution in [3.63, 3.8) is 0 Å². The highest BCUT2D eigenvalue weighted by Gasteiger charge is 2.22. The van der Waals surface area contributed by atoms with Crippen molar-refractivity contribution in [1.82, 2.24) is 0 Å². The lowest BCUT2D eigenvalue weighted by Gasteiger charge is -2.28. The van der Waals surface area contributed by atoms with Crippen LogP contribution in [-0.4, -0.2) is 6.10 Å². The summed E-state index contributed by atoms with van der Waals surface area (Å²) in [6.07, 6.45) is 4.74. The highest BCUT2D eigenvalue weighted by Crippen LogP contribution is 2.33. The summed E-state index contributed by atoms with van der Waals surface area (Å²) in [6, 6.07) is 12.8. The molecule has 0 aromatic heterocycles. The van der Waals surface area contributed by atoms with E-state index in [1.54, 1.807) is 11.1 Å². The number of hydrogen-bond donors (Lipinski definition) is 0. The van der Waals surface area contributed by atoms with Crippen LogP contribution >= 0.6 is 22.6 Å². The van der Waals surface area contributed by atoms with Crippen LogP contribution in [0.15, 0.2) is 42.5 Å². The Kier molecular flexibility index (Phi) is 4.98. The molecule has 0 heterocycles. The molecule has 0 saturated heterocycles. The standard InChI is InChI=1S/C18H19FINO/c1-13-11-15(20)9-10-18(13)21(22-17-7-2-3-8-17)16-6-4-5-14(19)12-16/h4-6,9-12,17H,2-3,7-8H2,1H3. The summed E-state index contributed by atoms with van der Waals surface area (Å²) in [4.78, 5) is 6.22. The van der Waals surface area contributed by atoms with Crippen molar-refractivity contribution in [2.75, 3.05) is 5.06 Å². The third kappa shape index (κ3) is 3.60. The van der Waals surface area contributed by atoms with Crippen molar-refractivity contribution in [1.29, 1.82) is 0 Å². The molecule has 1 aliphatic carbocycles. The Balaban J connectivity index is 1.97. The molecule has 1 fully saturated rings. The molecule has 2 aromatic carbocycles. The molecule has 0 amide bonds. The number of hydrogen-bond acceptors (Lipinski definition) is 2. The fraction of sp³-hybridized carbons (Fsp3) is 0.333. The van der Waals surface area contributed by atoms with Gasteiger partial charge in [-0.25, -0.2) is 9.45 Å². The van der Waals surface area contributed by atoms with Gasteiger partial charge in [0.2, 0.25) is 0 Å². The normalized spacial score (nSPS) is 15.2. The molecule has 0 N–H and O–H groups in total. The largest absolute Gasteiger partial charge is 0.265 e. The first-order valence-corrected chi connectivity index (χ1v) is 8.70. The molecule has 0 radical (unpaired) electrons. The third-order valence-corrected chi connectivity index (χ3v) is 4.65. The molecule has 4 heteroatoms. The molecular weight excluding hydrogens is 392 g/mol. The van der Waals surface area contributed by atoms with Gasteiger partial charge in [-0.05, 0) is 84.3 Å². The van der Waals surface area contributed by atoms with E-state index in [0.717, 1.165) is 29.8 Å². The molecule has 1 saturated carbocycles. The van der Waals surface area contributed by atoms with Crippen molar-refractivity contribution in [2.45, 2.75) is 38.7 Å². The minimum Gasteiger partial charge on any atom is -0.265 e. The molecule has 116 valence electrons. The van der Waals surface area contributed by atoms with E-state index < -0.39 is 0 Å². The topological polar surface area (TPSA) is 12.5 Å². The van der Waals surface area contributed by atoms with E-state index in [9.17, 15) is 4.39 Å². The second-order valence-electron chi connectivity index (χ2n) is 5.72. The van der Waals surface area contributed by atoms with E-state index in [2.05, 4.69) is 35.6 Å². The van der Waals surface area contributed by atoms with Crippen molar-refractivity contribution in [3.05, 3.63) is 57.4 Å². The smallest absolute Gasteiger partial charge is 0.125 e. The Hall–Kier alpha value is -1.14. The van der Waals surface area contributed by atoms with Crippen LogP contribution in [0.3, 0.4) is 0 Å². The van der Waals surface area contributed by atoms with Gasteiger partial charge in [0, 0.05) is 3.57 Å². The van der Waals surface area contributed by atoms with Gasteiger partial charge in [-0.15, -0.1) is 0 Å². The maximum atomic E-state index is 13.6. The maximum absolute atomic E-state index is 13.6. The van der Waals surface area contributed by atoms with Crippen molar-refractivity contribution < 1.29 is 9.23 Å². The first kappa shape index (κ1) is 15.7. The van der Waals surface area contributed by atoms with Gasteiger partial charge in [-0.3, -0.25) is 4.84 Å². The lowest BCUT2D eigenvalue weighted by Crippen LogP contribution is -2.24. The van der Waals surface area contributed by atoms with Gasteiger partial charge in [-0.2, -0.15) is 0 Å². The Morgan fingerprint density at radius 3 is 2.59 bits per heavy atom. The first-order valence-electron chi connectivity index (χ1n) is 7.62. The van der Waals surface area contributed by atoms with Crippen LogP contribution in [0.1, 0.15) is 31.2 Å². The van der Waals surface area contributed by atoms with E-state index in [0.29, 0.717) is 0 Å². The Bertz CT molecular complexity index is 655. The highest BCUT2D eigenvalue weighted by atomic mass is 127. The summed E-state index contributed by atoms with van der Waals surface area (Å²) < 4.78 is 14.8. The fourth-order valence-electron chi connectivity index (χ4n) is 2.85. The Labute approximate surface area is 144 Å². The summed E-state index contributed by atoms with van der Waals surface area (Å²) in [5, 5.41) is 1.80. The van der Waals surface area contributed by atoms with Gasteiger partial charge < -0.3 is 0 Å². The van der Waals surface area contributed by atoms with E-state index >= 15 is 0 Å². The van der Waals surface area contributed by atoms with Gasteiger partial charge in [-0.1, -0.05) is 18.9 Å². The molecule has 1 aliphatic rings. The van der Waals surface area contributed by atoms with Crippen LogP contribution < -0.4 is 5.06 Å². The van der Waals surface area contributed by atoms with E-state index in [-0.39, 0.29) is 11.9 Å². The van der Waals surface area contributed by atoms with E-state index in [1.165, 1.54) is 28.5 Å². The zero-order valence-electron chi connectivity index (χ0n) is 12.6. The van der Waals surface area contributed by atoms with Gasteiger partial charge >= 0.3 is 0 Å². The summed E-state index contributed by atoms with van der Waals surface area (Å²) in [5.74, 6) is -0.249. The third-order valence-electron chi connectivity index (χ3n) is 3.98. The fourth-order valence-corrected chi connectivity index (χ4v) is 3.50. The highest BCUT2D eigenvalue weighted by molar-refractivity contribution is 14.1. The number of rotatable bonds is 4. The number of nitrogens with zero attached hydrogens (tertiary/aromatic N) is 1. The number of halogens is 2. The predicted molar refractivity (Wildman–Crippen MR) is 95.8 cm³/mol. The molecule has 22 heavy (non-hydrogen) atoms. The maximum Gasteiger partial charge on any atom is 0.125 e. The summed E-state index contributed by atoms with van der Waals surface area (Å²) in [5.41, 5.74) is 2.82. The minimum absolute atomic E-state index is 0.210. The summed E-state index contributed by atoms with van der Waals surface area (Å²) in [7, 11) is 0. The van der Waals surface area contributed by atoms with Crippen LogP contribution in [0.5, 0.6) is 0 Å². The molecule has 0 aliphatic heterocycles. The lowest BCUT2D eigenvalue weighted by molar-refractivity contribution is 0.0584. The molecule has 0 spiro atoms. The van der Waals surface area contributed by atoms with Gasteiger partial charge in [0.1, 0.15) is 5.82 Å². The first-order chi connectivity index (χ1) is 10.6. The average Bonchev–Trinajstić information content (AvgIpc) is 2.98. The van der Waals surface area contributed by atoms with Crippen LogP contribution in [0.2, 0.25) is 0 Å². The van der Waals surface area contributed by atoms with Gasteiger partial charge in [0.25, 0.3) is 0 Å². The molecule has 2 nitrogen and oxygen atoms in total. The molecule has 2 aromatic rings. The second kappa shape index (κ2) is 6.96. The monoisotopic (exact) mass is 411 g/mol. The zero-order chi connectivity index (χ0) is 15.5. The molecular formula is C18H19FINO. The van der Waals surface area contributed by atoms with Crippen LogP contribution in [-0.2, 0) is 4.84 Å². The van der Waals surface area contributed by atoms with Crippen molar-refractivity contribution in [2.24, 2.45) is 0 Å². The predicted octanol–water partition coefficient (Wildman–Crippen LogP) is 5.75. The minimum atomic E-state index is -0.249. The van der Waals surface area contributed by atoms with Crippen LogP contribution in [0, 0.1) is 16.3 Å². The molecule has 0 bridgehead atoms. The average molecular weight is 411 g/mol.